The molecular weight excluding hydrogens is 388 g/mol. The van der Waals surface area contributed by atoms with Gasteiger partial charge in [-0.15, -0.1) is 0 Å². The van der Waals surface area contributed by atoms with Crippen LogP contribution in [0, 0.1) is 10.1 Å². The van der Waals surface area contributed by atoms with Gasteiger partial charge in [0.25, 0.3) is 11.6 Å². The fourth-order valence-corrected chi connectivity index (χ4v) is 4.02. The molecule has 9 heteroatoms. The third-order valence-corrected chi connectivity index (χ3v) is 5.45. The molecule has 136 valence electrons. The van der Waals surface area contributed by atoms with E-state index in [1.165, 1.54) is 17.0 Å². The van der Waals surface area contributed by atoms with E-state index in [4.69, 9.17) is 21.7 Å². The van der Waals surface area contributed by atoms with Crippen LogP contribution in [0.3, 0.4) is 0 Å². The average Bonchev–Trinajstić information content (AvgIpc) is 3.22. The lowest BCUT2D eigenvalue weighted by Gasteiger charge is -2.14. The number of thiocarbonyl (C=S) groups is 1. The van der Waals surface area contributed by atoms with Crippen molar-refractivity contribution in [3.63, 3.8) is 0 Å². The Morgan fingerprint density at radius 1 is 1.22 bits per heavy atom. The summed E-state index contributed by atoms with van der Waals surface area (Å²) in [6, 6.07) is 11.7. The fourth-order valence-electron chi connectivity index (χ4n) is 2.78. The number of nitro groups is 1. The molecule has 27 heavy (non-hydrogen) atoms. The summed E-state index contributed by atoms with van der Waals surface area (Å²) in [4.78, 5) is 25.3. The minimum Gasteiger partial charge on any atom is -0.454 e. The van der Waals surface area contributed by atoms with E-state index in [2.05, 4.69) is 0 Å². The SMILES string of the molecule is O=C1/C(=C/c2ccccc2[N+](=O)[O-])SC(=S)N1Cc1ccc2c(c1)OCO2. The van der Waals surface area contributed by atoms with E-state index < -0.39 is 4.92 Å². The molecule has 1 saturated heterocycles. The number of benzene rings is 2. The summed E-state index contributed by atoms with van der Waals surface area (Å²) in [6.45, 7) is 0.466. The molecule has 0 aliphatic carbocycles. The third kappa shape index (κ3) is 3.38. The van der Waals surface area contributed by atoms with Crippen LogP contribution >= 0.6 is 24.0 Å². The number of carbonyl (C=O) groups is 1. The summed E-state index contributed by atoms with van der Waals surface area (Å²) in [5, 5.41) is 11.2. The first-order valence-electron chi connectivity index (χ1n) is 7.90. The maximum atomic E-state index is 12.8. The number of fused-ring (bicyclic) bond motifs is 1. The van der Waals surface area contributed by atoms with Crippen LogP contribution in [0.5, 0.6) is 11.5 Å². The van der Waals surface area contributed by atoms with Crippen LogP contribution in [0.25, 0.3) is 6.08 Å². The summed E-state index contributed by atoms with van der Waals surface area (Å²) >= 11 is 6.46. The van der Waals surface area contributed by atoms with Crippen molar-refractivity contribution in [2.75, 3.05) is 6.79 Å². The number of thioether (sulfide) groups is 1. The first-order chi connectivity index (χ1) is 13.0. The fraction of sp³-hybridized carbons (Fsp3) is 0.111. The van der Waals surface area contributed by atoms with Gasteiger partial charge in [-0.3, -0.25) is 19.8 Å². The lowest BCUT2D eigenvalue weighted by molar-refractivity contribution is -0.385. The van der Waals surface area contributed by atoms with Crippen molar-refractivity contribution >= 4 is 46.0 Å². The van der Waals surface area contributed by atoms with Gasteiger partial charge >= 0.3 is 0 Å². The van der Waals surface area contributed by atoms with Gasteiger partial charge in [0.05, 0.1) is 21.9 Å². The van der Waals surface area contributed by atoms with Gasteiger partial charge in [-0.25, -0.2) is 0 Å². The van der Waals surface area contributed by atoms with Gasteiger partial charge in [0.15, 0.2) is 11.5 Å². The first-order valence-corrected chi connectivity index (χ1v) is 9.13. The molecule has 2 aliphatic heterocycles. The molecule has 0 aromatic heterocycles. The second kappa shape index (κ2) is 7.01. The van der Waals surface area contributed by atoms with Crippen LogP contribution < -0.4 is 9.47 Å². The molecule has 0 bridgehead atoms. The molecule has 0 saturated carbocycles. The number of carbonyl (C=O) groups excluding carboxylic acids is 1. The second-order valence-electron chi connectivity index (χ2n) is 5.77. The topological polar surface area (TPSA) is 81.9 Å². The van der Waals surface area contributed by atoms with E-state index in [1.807, 2.05) is 12.1 Å². The Bertz CT molecular complexity index is 1000. The lowest BCUT2D eigenvalue weighted by Crippen LogP contribution is -2.27. The monoisotopic (exact) mass is 400 g/mol. The van der Waals surface area contributed by atoms with Crippen LogP contribution in [-0.4, -0.2) is 26.8 Å². The Kier molecular flexibility index (Phi) is 4.54. The zero-order chi connectivity index (χ0) is 19.0. The average molecular weight is 400 g/mol. The standard InChI is InChI=1S/C18H12N2O5S2/c21-17-16(8-12-3-1-2-4-13(12)20(22)23)27-18(26)19(17)9-11-5-6-14-15(7-11)25-10-24-14/h1-8H,9-10H2/b16-8-. The Morgan fingerprint density at radius 3 is 2.81 bits per heavy atom. The largest absolute Gasteiger partial charge is 0.454 e. The highest BCUT2D eigenvalue weighted by Crippen LogP contribution is 2.37. The number of para-hydroxylation sites is 1. The quantitative estimate of drug-likeness (QED) is 0.335. The zero-order valence-electron chi connectivity index (χ0n) is 13.8. The van der Waals surface area contributed by atoms with Crippen molar-refractivity contribution in [3.05, 3.63) is 68.6 Å². The van der Waals surface area contributed by atoms with E-state index in [1.54, 1.807) is 24.3 Å². The third-order valence-electron chi connectivity index (χ3n) is 4.07. The van der Waals surface area contributed by atoms with Crippen molar-refractivity contribution in [3.8, 4) is 11.5 Å². The van der Waals surface area contributed by atoms with E-state index in [0.29, 0.717) is 26.3 Å². The molecule has 2 aromatic carbocycles. The van der Waals surface area contributed by atoms with Crippen LogP contribution in [0.15, 0.2) is 47.4 Å². The maximum absolute atomic E-state index is 12.8. The first kappa shape index (κ1) is 17.5. The van der Waals surface area contributed by atoms with Crippen LogP contribution in [0.2, 0.25) is 0 Å². The summed E-state index contributed by atoms with van der Waals surface area (Å²) in [7, 11) is 0. The Balaban J connectivity index is 1.58. The predicted molar refractivity (Wildman–Crippen MR) is 104 cm³/mol. The van der Waals surface area contributed by atoms with Gasteiger partial charge < -0.3 is 9.47 Å². The number of hydrogen-bond acceptors (Lipinski definition) is 7. The van der Waals surface area contributed by atoms with Crippen molar-refractivity contribution < 1.29 is 19.2 Å². The molecule has 2 aliphatic rings. The number of rotatable bonds is 4. The highest BCUT2D eigenvalue weighted by molar-refractivity contribution is 8.26. The zero-order valence-corrected chi connectivity index (χ0v) is 15.4. The van der Waals surface area contributed by atoms with Gasteiger partial charge in [0, 0.05) is 6.07 Å². The van der Waals surface area contributed by atoms with Crippen molar-refractivity contribution in [2.24, 2.45) is 0 Å². The molecule has 0 radical (unpaired) electrons. The molecule has 0 N–H and O–H groups in total. The van der Waals surface area contributed by atoms with Crippen LogP contribution in [0.4, 0.5) is 5.69 Å². The van der Waals surface area contributed by atoms with Crippen molar-refractivity contribution in [1.82, 2.24) is 4.90 Å². The predicted octanol–water partition coefficient (Wildman–Crippen LogP) is 3.72. The van der Waals surface area contributed by atoms with Gasteiger partial charge in [-0.1, -0.05) is 42.2 Å². The summed E-state index contributed by atoms with van der Waals surface area (Å²) in [5.41, 5.74) is 1.16. The van der Waals surface area contributed by atoms with Gasteiger partial charge in [-0.05, 0) is 29.8 Å². The molecular formula is C18H12N2O5S2. The maximum Gasteiger partial charge on any atom is 0.276 e. The molecule has 1 amide bonds. The minimum atomic E-state index is -0.473. The summed E-state index contributed by atoms with van der Waals surface area (Å²) in [6.07, 6.45) is 1.51. The lowest BCUT2D eigenvalue weighted by atomic mass is 10.1. The Morgan fingerprint density at radius 2 is 2.00 bits per heavy atom. The van der Waals surface area contributed by atoms with E-state index in [9.17, 15) is 14.9 Å². The normalized spacial score (nSPS) is 17.0. The molecule has 2 heterocycles. The van der Waals surface area contributed by atoms with E-state index in [-0.39, 0.29) is 24.9 Å². The Labute approximate surface area is 163 Å². The molecule has 0 spiro atoms. The number of nitro benzene ring substituents is 1. The highest BCUT2D eigenvalue weighted by Gasteiger charge is 2.33. The number of amides is 1. The van der Waals surface area contributed by atoms with E-state index in [0.717, 1.165) is 17.3 Å². The molecule has 1 fully saturated rings. The second-order valence-corrected chi connectivity index (χ2v) is 7.45. The van der Waals surface area contributed by atoms with Crippen LogP contribution in [0.1, 0.15) is 11.1 Å². The smallest absolute Gasteiger partial charge is 0.276 e. The van der Waals surface area contributed by atoms with Gasteiger partial charge in [-0.2, -0.15) is 0 Å². The van der Waals surface area contributed by atoms with Crippen LogP contribution in [-0.2, 0) is 11.3 Å². The van der Waals surface area contributed by atoms with Crippen molar-refractivity contribution in [2.45, 2.75) is 6.54 Å². The summed E-state index contributed by atoms with van der Waals surface area (Å²) < 4.78 is 11.0. The Hall–Kier alpha value is -2.91. The molecule has 4 rings (SSSR count). The van der Waals surface area contributed by atoms with Gasteiger partial charge in [0.1, 0.15) is 4.32 Å². The summed E-state index contributed by atoms with van der Waals surface area (Å²) in [5.74, 6) is 1.02. The highest BCUT2D eigenvalue weighted by atomic mass is 32.2. The minimum absolute atomic E-state index is 0.0569. The number of hydrogen-bond donors (Lipinski definition) is 0. The number of nitrogens with zero attached hydrogens (tertiary/aromatic N) is 2. The molecule has 0 atom stereocenters. The molecule has 0 unspecified atom stereocenters. The molecule has 2 aromatic rings. The molecule has 7 nitrogen and oxygen atoms in total. The number of ether oxygens (including phenoxy) is 2. The van der Waals surface area contributed by atoms with Gasteiger partial charge in [0.2, 0.25) is 6.79 Å². The van der Waals surface area contributed by atoms with Crippen molar-refractivity contribution in [1.29, 1.82) is 0 Å². The van der Waals surface area contributed by atoms with E-state index >= 15 is 0 Å².